The highest BCUT2D eigenvalue weighted by molar-refractivity contribution is 5.86. The summed E-state index contributed by atoms with van der Waals surface area (Å²) in [5.74, 6) is 0.119. The second-order valence-electron chi connectivity index (χ2n) is 9.52. The first-order valence-corrected chi connectivity index (χ1v) is 12.3. The number of aromatic nitrogens is 1. The van der Waals surface area contributed by atoms with E-state index in [1.165, 1.54) is 28.6 Å². The van der Waals surface area contributed by atoms with Crippen LogP contribution in [0.1, 0.15) is 29.0 Å². The largest absolute Gasteiger partial charge is 0.368 e. The molecular formula is C29H30N4O3. The fraction of sp³-hybridized carbons (Fsp3) is 0.276. The quantitative estimate of drug-likeness (QED) is 0.277. The average molecular weight is 483 g/mol. The summed E-state index contributed by atoms with van der Waals surface area (Å²) < 4.78 is 2.14. The Morgan fingerprint density at radius 3 is 2.28 bits per heavy atom. The van der Waals surface area contributed by atoms with Crippen LogP contribution in [0.15, 0.2) is 79.0 Å². The van der Waals surface area contributed by atoms with Crippen LogP contribution < -0.4 is 4.90 Å². The summed E-state index contributed by atoms with van der Waals surface area (Å²) in [6.07, 6.45) is 2.57. The standard InChI is InChI=1S/C29H30N4O3/c1-21-7-9-22(10-8-21)26(27-20-30(2)28-6-4-3-5-25(27)28)19-29(34)32-17-15-31(16-18-32)23-11-13-24(14-12-23)33(35)36/h3-14,20,26H,15-19H2,1-2H3/t26-/m1/s1. The zero-order chi connectivity index (χ0) is 25.2. The Kier molecular flexibility index (Phi) is 6.46. The van der Waals surface area contributed by atoms with Crippen molar-refractivity contribution in [2.75, 3.05) is 31.1 Å². The third-order valence-corrected chi connectivity index (χ3v) is 7.22. The van der Waals surface area contributed by atoms with Crippen LogP contribution in [0.4, 0.5) is 11.4 Å². The van der Waals surface area contributed by atoms with Crippen LogP contribution in [-0.2, 0) is 11.8 Å². The summed E-state index contributed by atoms with van der Waals surface area (Å²) >= 11 is 0. The average Bonchev–Trinajstić information content (AvgIpc) is 3.24. The summed E-state index contributed by atoms with van der Waals surface area (Å²) in [5, 5.41) is 12.1. The summed E-state index contributed by atoms with van der Waals surface area (Å²) in [4.78, 5) is 28.2. The minimum absolute atomic E-state index is 0.0306. The van der Waals surface area contributed by atoms with E-state index in [1.54, 1.807) is 12.1 Å². The van der Waals surface area contributed by atoms with Crippen molar-refractivity contribution >= 4 is 28.2 Å². The predicted molar refractivity (Wildman–Crippen MR) is 142 cm³/mol. The van der Waals surface area contributed by atoms with E-state index in [1.807, 2.05) is 11.0 Å². The van der Waals surface area contributed by atoms with Crippen molar-refractivity contribution in [1.82, 2.24) is 9.47 Å². The molecule has 0 unspecified atom stereocenters. The Morgan fingerprint density at radius 2 is 1.61 bits per heavy atom. The highest BCUT2D eigenvalue weighted by Gasteiger charge is 2.27. The number of anilines is 1. The number of rotatable bonds is 6. The van der Waals surface area contributed by atoms with Crippen LogP contribution in [0.25, 0.3) is 10.9 Å². The van der Waals surface area contributed by atoms with Gasteiger partial charge in [0.05, 0.1) is 4.92 Å². The van der Waals surface area contributed by atoms with Crippen LogP contribution in [0.2, 0.25) is 0 Å². The highest BCUT2D eigenvalue weighted by Crippen LogP contribution is 2.35. The van der Waals surface area contributed by atoms with E-state index in [4.69, 9.17) is 0 Å². The number of carbonyl (C=O) groups excluding carboxylic acids is 1. The molecule has 0 aliphatic carbocycles. The van der Waals surface area contributed by atoms with E-state index in [9.17, 15) is 14.9 Å². The highest BCUT2D eigenvalue weighted by atomic mass is 16.6. The number of para-hydroxylation sites is 1. The smallest absolute Gasteiger partial charge is 0.269 e. The maximum Gasteiger partial charge on any atom is 0.269 e. The second-order valence-corrected chi connectivity index (χ2v) is 9.52. The van der Waals surface area contributed by atoms with Crippen molar-refractivity contribution < 1.29 is 9.72 Å². The molecule has 5 rings (SSSR count). The zero-order valence-electron chi connectivity index (χ0n) is 20.6. The van der Waals surface area contributed by atoms with Gasteiger partial charge in [-0.05, 0) is 36.2 Å². The SMILES string of the molecule is Cc1ccc([C@@H](CC(=O)N2CCN(c3ccc([N+](=O)[O-])cc3)CC2)c2cn(C)c3ccccc23)cc1. The van der Waals surface area contributed by atoms with Crippen molar-refractivity contribution in [3.8, 4) is 0 Å². The lowest BCUT2D eigenvalue weighted by atomic mass is 9.87. The molecule has 0 spiro atoms. The van der Waals surface area contributed by atoms with Crippen molar-refractivity contribution in [3.05, 3.63) is 106 Å². The summed E-state index contributed by atoms with van der Waals surface area (Å²) in [7, 11) is 2.05. The molecule has 0 radical (unpaired) electrons. The third kappa shape index (κ3) is 4.69. The second kappa shape index (κ2) is 9.85. The fourth-order valence-corrected chi connectivity index (χ4v) is 5.16. The van der Waals surface area contributed by atoms with E-state index < -0.39 is 0 Å². The molecule has 7 nitrogen and oxygen atoms in total. The van der Waals surface area contributed by atoms with Crippen LogP contribution in [-0.4, -0.2) is 46.5 Å². The Morgan fingerprint density at radius 1 is 0.944 bits per heavy atom. The number of nitro groups is 1. The first-order chi connectivity index (χ1) is 17.4. The maximum absolute atomic E-state index is 13.6. The summed E-state index contributed by atoms with van der Waals surface area (Å²) in [6, 6.07) is 23.5. The van der Waals surface area contributed by atoms with Gasteiger partial charge in [0.1, 0.15) is 0 Å². The number of carbonyl (C=O) groups is 1. The molecule has 1 aliphatic rings. The van der Waals surface area contributed by atoms with Crippen molar-refractivity contribution in [2.24, 2.45) is 7.05 Å². The molecular weight excluding hydrogens is 452 g/mol. The van der Waals surface area contributed by atoms with Gasteiger partial charge in [0.25, 0.3) is 5.69 Å². The topological polar surface area (TPSA) is 71.6 Å². The molecule has 1 saturated heterocycles. The van der Waals surface area contributed by atoms with Gasteiger partial charge in [-0.3, -0.25) is 14.9 Å². The lowest BCUT2D eigenvalue weighted by Crippen LogP contribution is -2.49. The predicted octanol–water partition coefficient (Wildman–Crippen LogP) is 5.27. The minimum Gasteiger partial charge on any atom is -0.368 e. The number of hydrogen-bond acceptors (Lipinski definition) is 4. The van der Waals surface area contributed by atoms with Crippen molar-refractivity contribution in [2.45, 2.75) is 19.3 Å². The molecule has 184 valence electrons. The van der Waals surface area contributed by atoms with Gasteiger partial charge in [-0.15, -0.1) is 0 Å². The van der Waals surface area contributed by atoms with E-state index in [0.29, 0.717) is 32.6 Å². The molecule has 0 saturated carbocycles. The fourth-order valence-electron chi connectivity index (χ4n) is 5.16. The van der Waals surface area contributed by atoms with E-state index in [0.717, 1.165) is 16.8 Å². The lowest BCUT2D eigenvalue weighted by molar-refractivity contribution is -0.384. The van der Waals surface area contributed by atoms with Crippen LogP contribution in [0, 0.1) is 17.0 Å². The number of aryl methyl sites for hydroxylation is 2. The van der Waals surface area contributed by atoms with Gasteiger partial charge < -0.3 is 14.4 Å². The number of nitro benzene ring substituents is 1. The molecule has 2 heterocycles. The molecule has 1 fully saturated rings. The molecule has 1 aliphatic heterocycles. The molecule has 7 heteroatoms. The minimum atomic E-state index is -0.388. The zero-order valence-corrected chi connectivity index (χ0v) is 20.6. The number of amides is 1. The maximum atomic E-state index is 13.6. The number of benzene rings is 3. The molecule has 1 aromatic heterocycles. The Bertz CT molecular complexity index is 1380. The first-order valence-electron chi connectivity index (χ1n) is 12.3. The Labute approximate surface area is 210 Å². The molecule has 0 bridgehead atoms. The van der Waals surface area contributed by atoms with E-state index >= 15 is 0 Å². The van der Waals surface area contributed by atoms with Crippen LogP contribution in [0.5, 0.6) is 0 Å². The number of nitrogens with zero attached hydrogens (tertiary/aromatic N) is 4. The van der Waals surface area contributed by atoms with Gasteiger partial charge in [-0.25, -0.2) is 0 Å². The Hall–Kier alpha value is -4.13. The number of fused-ring (bicyclic) bond motifs is 1. The normalized spacial score (nSPS) is 14.7. The third-order valence-electron chi connectivity index (χ3n) is 7.22. The first kappa shape index (κ1) is 23.6. The van der Waals surface area contributed by atoms with Crippen LogP contribution in [0.3, 0.4) is 0 Å². The van der Waals surface area contributed by atoms with Gasteiger partial charge in [0.15, 0.2) is 0 Å². The molecule has 0 N–H and O–H groups in total. The van der Waals surface area contributed by atoms with Gasteiger partial charge in [-0.2, -0.15) is 0 Å². The number of piperazine rings is 1. The van der Waals surface area contributed by atoms with Crippen LogP contribution >= 0.6 is 0 Å². The van der Waals surface area contributed by atoms with Crippen molar-refractivity contribution in [3.63, 3.8) is 0 Å². The van der Waals surface area contributed by atoms with Gasteiger partial charge in [-0.1, -0.05) is 48.0 Å². The van der Waals surface area contributed by atoms with E-state index in [2.05, 4.69) is 72.1 Å². The molecule has 1 amide bonds. The molecule has 36 heavy (non-hydrogen) atoms. The van der Waals surface area contributed by atoms with Gasteiger partial charge in [0.2, 0.25) is 5.91 Å². The van der Waals surface area contributed by atoms with Gasteiger partial charge >= 0.3 is 0 Å². The molecule has 3 aromatic carbocycles. The van der Waals surface area contributed by atoms with Crippen molar-refractivity contribution in [1.29, 1.82) is 0 Å². The number of hydrogen-bond donors (Lipinski definition) is 0. The van der Waals surface area contributed by atoms with E-state index in [-0.39, 0.29) is 22.4 Å². The van der Waals surface area contributed by atoms with Gasteiger partial charge in [0, 0.05) is 80.5 Å². The monoisotopic (exact) mass is 482 g/mol. The molecule has 4 aromatic rings. The lowest BCUT2D eigenvalue weighted by Gasteiger charge is -2.36. The Balaban J connectivity index is 1.34. The number of non-ortho nitro benzene ring substituents is 1. The molecule has 1 atom stereocenters. The summed E-state index contributed by atoms with van der Waals surface area (Å²) in [5.41, 5.74) is 5.71. The summed E-state index contributed by atoms with van der Waals surface area (Å²) in [6.45, 7) is 4.74.